The fourth-order valence-corrected chi connectivity index (χ4v) is 0.971. The SMILES string of the molecule is C#CCN(CCO)CC(C)C(=O)O. The van der Waals surface area contributed by atoms with Gasteiger partial charge in [0.15, 0.2) is 0 Å². The van der Waals surface area contributed by atoms with Crippen molar-refractivity contribution in [3.63, 3.8) is 0 Å². The molecule has 0 saturated heterocycles. The number of carboxylic acid groups (broad SMARTS) is 1. The van der Waals surface area contributed by atoms with E-state index in [-0.39, 0.29) is 6.61 Å². The Morgan fingerprint density at radius 2 is 2.31 bits per heavy atom. The van der Waals surface area contributed by atoms with Crippen LogP contribution in [0.3, 0.4) is 0 Å². The summed E-state index contributed by atoms with van der Waals surface area (Å²) in [6.07, 6.45) is 5.09. The molecule has 2 N–H and O–H groups in total. The number of carboxylic acids is 1. The highest BCUT2D eigenvalue weighted by atomic mass is 16.4. The molecule has 0 rings (SSSR count). The van der Waals surface area contributed by atoms with Crippen molar-refractivity contribution in [3.05, 3.63) is 0 Å². The summed E-state index contributed by atoms with van der Waals surface area (Å²) in [6.45, 7) is 2.78. The zero-order valence-electron chi connectivity index (χ0n) is 7.73. The molecular weight excluding hydrogens is 170 g/mol. The third kappa shape index (κ3) is 5.23. The number of nitrogens with zero attached hydrogens (tertiary/aromatic N) is 1. The summed E-state index contributed by atoms with van der Waals surface area (Å²) in [7, 11) is 0. The maximum Gasteiger partial charge on any atom is 0.307 e. The molecule has 0 aromatic heterocycles. The fraction of sp³-hybridized carbons (Fsp3) is 0.667. The minimum atomic E-state index is -0.847. The van der Waals surface area contributed by atoms with Crippen molar-refractivity contribution in [1.29, 1.82) is 0 Å². The van der Waals surface area contributed by atoms with Crippen molar-refractivity contribution in [1.82, 2.24) is 4.90 Å². The maximum atomic E-state index is 10.5. The van der Waals surface area contributed by atoms with Crippen LogP contribution in [0.5, 0.6) is 0 Å². The monoisotopic (exact) mass is 185 g/mol. The second-order valence-corrected chi connectivity index (χ2v) is 2.90. The Bertz CT molecular complexity index is 198. The summed E-state index contributed by atoms with van der Waals surface area (Å²) in [5.41, 5.74) is 0. The van der Waals surface area contributed by atoms with Crippen molar-refractivity contribution in [2.75, 3.05) is 26.2 Å². The highest BCUT2D eigenvalue weighted by Crippen LogP contribution is 1.99. The molecule has 0 spiro atoms. The van der Waals surface area contributed by atoms with Gasteiger partial charge in [0.05, 0.1) is 19.1 Å². The van der Waals surface area contributed by atoms with E-state index in [1.54, 1.807) is 11.8 Å². The molecule has 4 heteroatoms. The number of aliphatic hydroxyl groups is 1. The molecule has 1 atom stereocenters. The Labute approximate surface area is 78.2 Å². The van der Waals surface area contributed by atoms with E-state index < -0.39 is 11.9 Å². The van der Waals surface area contributed by atoms with Gasteiger partial charge in [0.1, 0.15) is 0 Å². The average molecular weight is 185 g/mol. The van der Waals surface area contributed by atoms with Crippen molar-refractivity contribution in [3.8, 4) is 12.3 Å². The van der Waals surface area contributed by atoms with Crippen LogP contribution in [0.2, 0.25) is 0 Å². The van der Waals surface area contributed by atoms with Gasteiger partial charge in [-0.3, -0.25) is 9.69 Å². The van der Waals surface area contributed by atoms with E-state index in [1.807, 2.05) is 0 Å². The average Bonchev–Trinajstić information content (AvgIpc) is 2.05. The largest absolute Gasteiger partial charge is 0.481 e. The van der Waals surface area contributed by atoms with Crippen molar-refractivity contribution < 1.29 is 15.0 Å². The third-order valence-corrected chi connectivity index (χ3v) is 1.68. The molecular formula is C9H15NO3. The van der Waals surface area contributed by atoms with Gasteiger partial charge in [0, 0.05) is 13.1 Å². The van der Waals surface area contributed by atoms with Gasteiger partial charge in [-0.1, -0.05) is 12.8 Å². The first-order chi connectivity index (χ1) is 6.11. The zero-order valence-corrected chi connectivity index (χ0v) is 7.73. The van der Waals surface area contributed by atoms with Gasteiger partial charge in [-0.05, 0) is 0 Å². The van der Waals surface area contributed by atoms with Crippen LogP contribution in [-0.2, 0) is 4.79 Å². The molecule has 0 amide bonds. The lowest BCUT2D eigenvalue weighted by Crippen LogP contribution is -2.34. The second-order valence-electron chi connectivity index (χ2n) is 2.90. The number of aliphatic hydroxyl groups excluding tert-OH is 1. The number of terminal acetylenes is 1. The Kier molecular flexibility index (Phi) is 5.94. The van der Waals surface area contributed by atoms with Gasteiger partial charge < -0.3 is 10.2 Å². The van der Waals surface area contributed by atoms with Crippen molar-refractivity contribution >= 4 is 5.97 Å². The normalized spacial score (nSPS) is 12.5. The lowest BCUT2D eigenvalue weighted by atomic mass is 10.2. The molecule has 4 nitrogen and oxygen atoms in total. The van der Waals surface area contributed by atoms with Crippen LogP contribution in [0.1, 0.15) is 6.92 Å². The van der Waals surface area contributed by atoms with Gasteiger partial charge in [-0.25, -0.2) is 0 Å². The molecule has 13 heavy (non-hydrogen) atoms. The molecule has 0 aromatic carbocycles. The van der Waals surface area contributed by atoms with E-state index >= 15 is 0 Å². The lowest BCUT2D eigenvalue weighted by Gasteiger charge is -2.20. The van der Waals surface area contributed by atoms with Crippen LogP contribution in [-0.4, -0.2) is 47.3 Å². The quantitative estimate of drug-likeness (QED) is 0.554. The fourth-order valence-electron chi connectivity index (χ4n) is 0.971. The minimum absolute atomic E-state index is 0.00593. The smallest absolute Gasteiger partial charge is 0.307 e. The van der Waals surface area contributed by atoms with E-state index in [2.05, 4.69) is 5.92 Å². The first-order valence-electron chi connectivity index (χ1n) is 4.11. The summed E-state index contributed by atoms with van der Waals surface area (Å²) in [6, 6.07) is 0. The Hall–Kier alpha value is -1.05. The molecule has 0 saturated carbocycles. The molecule has 0 heterocycles. The van der Waals surface area contributed by atoms with Gasteiger partial charge in [-0.15, -0.1) is 6.42 Å². The Morgan fingerprint density at radius 3 is 2.69 bits per heavy atom. The van der Waals surface area contributed by atoms with Gasteiger partial charge in [-0.2, -0.15) is 0 Å². The summed E-state index contributed by atoms with van der Waals surface area (Å²) < 4.78 is 0. The van der Waals surface area contributed by atoms with Crippen LogP contribution < -0.4 is 0 Å². The molecule has 0 aliphatic rings. The van der Waals surface area contributed by atoms with Gasteiger partial charge >= 0.3 is 5.97 Å². The Morgan fingerprint density at radius 1 is 1.69 bits per heavy atom. The van der Waals surface area contributed by atoms with Gasteiger partial charge in [0.2, 0.25) is 0 Å². The van der Waals surface area contributed by atoms with E-state index in [4.69, 9.17) is 16.6 Å². The molecule has 0 aliphatic heterocycles. The summed E-state index contributed by atoms with van der Waals surface area (Å²) in [5, 5.41) is 17.3. The molecule has 0 radical (unpaired) electrons. The highest BCUT2D eigenvalue weighted by Gasteiger charge is 2.14. The Balaban J connectivity index is 3.94. The van der Waals surface area contributed by atoms with Crippen LogP contribution in [0, 0.1) is 18.3 Å². The second kappa shape index (κ2) is 6.46. The van der Waals surface area contributed by atoms with Crippen LogP contribution >= 0.6 is 0 Å². The number of aliphatic carboxylic acids is 1. The molecule has 74 valence electrons. The van der Waals surface area contributed by atoms with E-state index in [0.717, 1.165) is 0 Å². The third-order valence-electron chi connectivity index (χ3n) is 1.68. The predicted octanol–water partition coefficient (Wildman–Crippen LogP) is -0.365. The summed E-state index contributed by atoms with van der Waals surface area (Å²) in [4.78, 5) is 12.2. The van der Waals surface area contributed by atoms with Crippen LogP contribution in [0.25, 0.3) is 0 Å². The minimum Gasteiger partial charge on any atom is -0.481 e. The number of hydrogen-bond donors (Lipinski definition) is 2. The topological polar surface area (TPSA) is 60.8 Å². The molecule has 0 bridgehead atoms. The number of hydrogen-bond acceptors (Lipinski definition) is 3. The number of rotatable bonds is 6. The molecule has 1 unspecified atom stereocenters. The molecule has 0 fully saturated rings. The van der Waals surface area contributed by atoms with E-state index in [0.29, 0.717) is 19.6 Å². The predicted molar refractivity (Wildman–Crippen MR) is 49.2 cm³/mol. The number of carbonyl (C=O) groups is 1. The van der Waals surface area contributed by atoms with Crippen LogP contribution in [0.4, 0.5) is 0 Å². The zero-order chi connectivity index (χ0) is 10.3. The van der Waals surface area contributed by atoms with E-state index in [1.165, 1.54) is 0 Å². The summed E-state index contributed by atoms with van der Waals surface area (Å²) in [5.74, 6) is 1.11. The molecule has 0 aliphatic carbocycles. The lowest BCUT2D eigenvalue weighted by molar-refractivity contribution is -0.141. The highest BCUT2D eigenvalue weighted by molar-refractivity contribution is 5.69. The molecule has 0 aromatic rings. The first kappa shape index (κ1) is 11.9. The van der Waals surface area contributed by atoms with Crippen LogP contribution in [0.15, 0.2) is 0 Å². The first-order valence-corrected chi connectivity index (χ1v) is 4.11. The van der Waals surface area contributed by atoms with Crippen molar-refractivity contribution in [2.24, 2.45) is 5.92 Å². The maximum absolute atomic E-state index is 10.5. The van der Waals surface area contributed by atoms with Crippen molar-refractivity contribution in [2.45, 2.75) is 6.92 Å². The van der Waals surface area contributed by atoms with Gasteiger partial charge in [0.25, 0.3) is 0 Å². The standard InChI is InChI=1S/C9H15NO3/c1-3-4-10(5-6-11)7-8(2)9(12)13/h1,8,11H,4-7H2,2H3,(H,12,13). The van der Waals surface area contributed by atoms with E-state index in [9.17, 15) is 4.79 Å². The summed E-state index contributed by atoms with van der Waals surface area (Å²) >= 11 is 0.